The molecule has 4 aliphatic rings. The number of hydrogen-bond acceptors (Lipinski definition) is 5. The monoisotopic (exact) mass is 446 g/mol. The van der Waals surface area contributed by atoms with E-state index in [2.05, 4.69) is 13.8 Å². The highest BCUT2D eigenvalue weighted by Crippen LogP contribution is 2.67. The van der Waals surface area contributed by atoms with Crippen LogP contribution in [0.4, 0.5) is 0 Å². The number of ether oxygens (including phenoxy) is 1. The Kier molecular flexibility index (Phi) is 6.04. The molecule has 9 atom stereocenters. The van der Waals surface area contributed by atoms with Gasteiger partial charge in [0.05, 0.1) is 0 Å². The third-order valence-corrected chi connectivity index (χ3v) is 10.1. The fourth-order valence-corrected chi connectivity index (χ4v) is 8.87. The van der Waals surface area contributed by atoms with E-state index in [-0.39, 0.29) is 47.1 Å². The van der Waals surface area contributed by atoms with Crippen molar-refractivity contribution >= 4 is 23.5 Å². The highest BCUT2D eigenvalue weighted by molar-refractivity contribution is 6.32. The normalized spacial score (nSPS) is 44.1. The number of carbonyl (C=O) groups is 4. The van der Waals surface area contributed by atoms with Crippen molar-refractivity contribution in [3.63, 3.8) is 0 Å². The first-order chi connectivity index (χ1) is 15.0. The summed E-state index contributed by atoms with van der Waals surface area (Å²) in [6.07, 6.45) is 7.37. The Morgan fingerprint density at radius 1 is 1.09 bits per heavy atom. The fraction of sp³-hybridized carbons (Fsp3) is 0.846. The average Bonchev–Trinajstić information content (AvgIpc) is 3.04. The van der Waals surface area contributed by atoms with Crippen LogP contribution in [0.2, 0.25) is 0 Å². The summed E-state index contributed by atoms with van der Waals surface area (Å²) in [5.74, 6) is -0.405. The molecular formula is C26H38O6. The van der Waals surface area contributed by atoms with Crippen molar-refractivity contribution in [2.75, 3.05) is 0 Å². The average molecular weight is 447 g/mol. The zero-order valence-corrected chi connectivity index (χ0v) is 19.9. The smallest absolute Gasteiger partial charge is 0.372 e. The molecule has 0 aliphatic heterocycles. The van der Waals surface area contributed by atoms with Gasteiger partial charge in [0.1, 0.15) is 11.9 Å². The number of esters is 1. The SMILES string of the molecule is CC(=O)O[C@@H]1CC[C@@]2(C)[C@H](CC[C@H]3[C@@H]4CC[C@H]([C@H](C)CC(=O)C(=O)O)[C@@]4(C)CC(=O)[C@@H]32)C1. The van der Waals surface area contributed by atoms with Crippen LogP contribution < -0.4 is 0 Å². The Balaban J connectivity index is 1.54. The van der Waals surface area contributed by atoms with Crippen LogP contribution >= 0.6 is 0 Å². The summed E-state index contributed by atoms with van der Waals surface area (Å²) in [6, 6.07) is 0. The summed E-state index contributed by atoms with van der Waals surface area (Å²) in [4.78, 5) is 48.1. The van der Waals surface area contributed by atoms with Gasteiger partial charge in [-0.25, -0.2) is 4.79 Å². The molecule has 0 radical (unpaired) electrons. The van der Waals surface area contributed by atoms with Crippen LogP contribution in [-0.2, 0) is 23.9 Å². The summed E-state index contributed by atoms with van der Waals surface area (Å²) in [5.41, 5.74) is -0.171. The predicted octanol–water partition coefficient (Wildman–Crippen LogP) is 4.44. The second-order valence-corrected chi connectivity index (χ2v) is 11.8. The standard InChI is InChI=1S/C26H38O6/c1-14(11-21(28)24(30)31)19-7-8-20-18-6-5-16-12-17(32-15(2)27)9-10-25(16,3)23(18)22(29)13-26(19,20)4/h14,16-20,23H,5-13H2,1-4H3,(H,30,31)/t14-,16-,17-,18+,19-,20+,23-,25+,26-/m1/s1. The van der Waals surface area contributed by atoms with Gasteiger partial charge in [0.15, 0.2) is 0 Å². The second-order valence-electron chi connectivity index (χ2n) is 11.8. The molecule has 0 heterocycles. The maximum Gasteiger partial charge on any atom is 0.372 e. The molecule has 0 unspecified atom stereocenters. The van der Waals surface area contributed by atoms with Gasteiger partial charge in [0.25, 0.3) is 0 Å². The minimum Gasteiger partial charge on any atom is -0.476 e. The summed E-state index contributed by atoms with van der Waals surface area (Å²) in [7, 11) is 0. The van der Waals surface area contributed by atoms with E-state index in [4.69, 9.17) is 9.84 Å². The van der Waals surface area contributed by atoms with Gasteiger partial charge >= 0.3 is 11.9 Å². The van der Waals surface area contributed by atoms with Crippen molar-refractivity contribution < 1.29 is 29.0 Å². The molecular weight excluding hydrogens is 408 g/mol. The first-order valence-corrected chi connectivity index (χ1v) is 12.4. The van der Waals surface area contributed by atoms with E-state index in [1.165, 1.54) is 6.92 Å². The number of aliphatic carboxylic acids is 1. The van der Waals surface area contributed by atoms with Crippen molar-refractivity contribution in [2.45, 2.75) is 91.6 Å². The lowest BCUT2D eigenvalue weighted by Crippen LogP contribution is -2.58. The third-order valence-electron chi connectivity index (χ3n) is 10.1. The lowest BCUT2D eigenvalue weighted by molar-refractivity contribution is -0.169. The molecule has 0 amide bonds. The van der Waals surface area contributed by atoms with Gasteiger partial charge in [-0.1, -0.05) is 20.8 Å². The topological polar surface area (TPSA) is 97.7 Å². The van der Waals surface area contributed by atoms with E-state index in [0.29, 0.717) is 30.0 Å². The van der Waals surface area contributed by atoms with E-state index in [0.717, 1.165) is 44.9 Å². The van der Waals surface area contributed by atoms with Gasteiger partial charge in [0, 0.05) is 25.7 Å². The van der Waals surface area contributed by atoms with Gasteiger partial charge in [0.2, 0.25) is 5.78 Å². The molecule has 0 saturated heterocycles. The van der Waals surface area contributed by atoms with Crippen LogP contribution in [0.25, 0.3) is 0 Å². The second kappa shape index (κ2) is 8.25. The van der Waals surface area contributed by atoms with E-state index in [1.807, 2.05) is 6.92 Å². The van der Waals surface area contributed by atoms with Crippen molar-refractivity contribution in [3.05, 3.63) is 0 Å². The molecule has 178 valence electrons. The number of Topliss-reactive ketones (excluding diaryl/α,β-unsaturated/α-hetero) is 2. The largest absolute Gasteiger partial charge is 0.476 e. The van der Waals surface area contributed by atoms with Crippen LogP contribution in [0, 0.1) is 46.3 Å². The fourth-order valence-electron chi connectivity index (χ4n) is 8.87. The predicted molar refractivity (Wildman–Crippen MR) is 118 cm³/mol. The maximum absolute atomic E-state index is 13.7. The molecule has 4 aliphatic carbocycles. The molecule has 0 spiro atoms. The van der Waals surface area contributed by atoms with Crippen molar-refractivity contribution in [1.82, 2.24) is 0 Å². The minimum absolute atomic E-state index is 0.0189. The lowest BCUT2D eigenvalue weighted by atomic mass is 9.44. The molecule has 0 aromatic heterocycles. The highest BCUT2D eigenvalue weighted by atomic mass is 16.5. The van der Waals surface area contributed by atoms with Crippen LogP contribution in [-0.4, -0.2) is 34.7 Å². The molecule has 6 heteroatoms. The number of carboxylic acids is 1. The zero-order chi connectivity index (χ0) is 23.4. The Labute approximate surface area is 190 Å². The van der Waals surface area contributed by atoms with E-state index in [9.17, 15) is 19.2 Å². The number of carbonyl (C=O) groups excluding carboxylic acids is 3. The summed E-state index contributed by atoms with van der Waals surface area (Å²) >= 11 is 0. The van der Waals surface area contributed by atoms with Crippen molar-refractivity contribution in [1.29, 1.82) is 0 Å². The Morgan fingerprint density at radius 2 is 1.81 bits per heavy atom. The van der Waals surface area contributed by atoms with Crippen molar-refractivity contribution in [2.24, 2.45) is 46.3 Å². The highest BCUT2D eigenvalue weighted by Gasteiger charge is 2.63. The first kappa shape index (κ1) is 23.4. The number of rotatable bonds is 5. The van der Waals surface area contributed by atoms with Gasteiger partial charge in [-0.3, -0.25) is 14.4 Å². The minimum atomic E-state index is -1.35. The molecule has 32 heavy (non-hydrogen) atoms. The molecule has 4 rings (SSSR count). The maximum atomic E-state index is 13.7. The number of ketones is 2. The molecule has 0 bridgehead atoms. The number of hydrogen-bond donors (Lipinski definition) is 1. The van der Waals surface area contributed by atoms with Gasteiger partial charge in [-0.2, -0.15) is 0 Å². The summed E-state index contributed by atoms with van der Waals surface area (Å²) in [5, 5.41) is 9.04. The summed E-state index contributed by atoms with van der Waals surface area (Å²) in [6.45, 7) is 8.00. The van der Waals surface area contributed by atoms with E-state index < -0.39 is 11.8 Å². The molecule has 6 nitrogen and oxygen atoms in total. The molecule has 0 aromatic carbocycles. The molecule has 1 N–H and O–H groups in total. The molecule has 4 fully saturated rings. The number of fused-ring (bicyclic) bond motifs is 5. The van der Waals surface area contributed by atoms with Crippen LogP contribution in [0.3, 0.4) is 0 Å². The van der Waals surface area contributed by atoms with Gasteiger partial charge < -0.3 is 9.84 Å². The Hall–Kier alpha value is -1.72. The van der Waals surface area contributed by atoms with Gasteiger partial charge in [-0.05, 0) is 85.4 Å². The van der Waals surface area contributed by atoms with E-state index >= 15 is 0 Å². The van der Waals surface area contributed by atoms with E-state index in [1.54, 1.807) is 0 Å². The quantitative estimate of drug-likeness (QED) is 0.495. The van der Waals surface area contributed by atoms with Crippen LogP contribution in [0.1, 0.15) is 85.5 Å². The first-order valence-electron chi connectivity index (χ1n) is 12.4. The third kappa shape index (κ3) is 3.71. The Bertz CT molecular complexity index is 819. The molecule has 4 saturated carbocycles. The zero-order valence-electron chi connectivity index (χ0n) is 19.9. The van der Waals surface area contributed by atoms with Gasteiger partial charge in [-0.15, -0.1) is 0 Å². The lowest BCUT2D eigenvalue weighted by Gasteiger charge is -2.60. The number of carboxylic acid groups (broad SMARTS) is 1. The summed E-state index contributed by atoms with van der Waals surface area (Å²) < 4.78 is 5.53. The Morgan fingerprint density at radius 3 is 2.47 bits per heavy atom. The van der Waals surface area contributed by atoms with Crippen molar-refractivity contribution in [3.8, 4) is 0 Å². The van der Waals surface area contributed by atoms with Crippen LogP contribution in [0.15, 0.2) is 0 Å². The van der Waals surface area contributed by atoms with Crippen LogP contribution in [0.5, 0.6) is 0 Å². The molecule has 0 aromatic rings.